The molecule has 0 radical (unpaired) electrons. The van der Waals surface area contributed by atoms with Crippen LogP contribution in [0.1, 0.15) is 23.7 Å². The number of rotatable bonds is 7. The molecule has 2 N–H and O–H groups in total. The zero-order valence-corrected chi connectivity index (χ0v) is 18.0. The molecule has 1 aliphatic heterocycles. The summed E-state index contributed by atoms with van der Waals surface area (Å²) in [5.41, 5.74) is 2.48. The number of anilines is 2. The lowest BCUT2D eigenvalue weighted by Gasteiger charge is -2.13. The molecule has 1 saturated heterocycles. The predicted octanol–water partition coefficient (Wildman–Crippen LogP) is 2.17. The van der Waals surface area contributed by atoms with E-state index in [1.807, 2.05) is 31.2 Å². The van der Waals surface area contributed by atoms with Gasteiger partial charge in [0, 0.05) is 11.8 Å². The fourth-order valence-electron chi connectivity index (χ4n) is 3.19. The molecule has 1 unspecified atom stereocenters. The Morgan fingerprint density at radius 1 is 1.17 bits per heavy atom. The minimum Gasteiger partial charge on any atom is -0.325 e. The lowest BCUT2D eigenvalue weighted by molar-refractivity contribution is -0.114. The highest BCUT2D eigenvalue weighted by Crippen LogP contribution is 2.27. The van der Waals surface area contributed by atoms with Crippen LogP contribution in [0.3, 0.4) is 0 Å². The molecule has 0 aliphatic carbocycles. The molecule has 8 nitrogen and oxygen atoms in total. The first-order chi connectivity index (χ1) is 13.7. The van der Waals surface area contributed by atoms with Gasteiger partial charge in [0.15, 0.2) is 9.84 Å². The van der Waals surface area contributed by atoms with Crippen LogP contribution in [0.25, 0.3) is 0 Å². The number of carbonyl (C=O) groups excluding carboxylic acids is 2. The van der Waals surface area contributed by atoms with Crippen molar-refractivity contribution in [3.05, 3.63) is 41.6 Å². The van der Waals surface area contributed by atoms with Crippen molar-refractivity contribution in [1.29, 1.82) is 0 Å². The molecule has 29 heavy (non-hydrogen) atoms. The number of amides is 2. The molecule has 2 aromatic rings. The minimum absolute atomic E-state index is 0.0326. The average Bonchev–Trinajstić information content (AvgIpc) is 3.16. The van der Waals surface area contributed by atoms with E-state index >= 15 is 0 Å². The van der Waals surface area contributed by atoms with Crippen LogP contribution in [0.15, 0.2) is 30.3 Å². The number of carbonyl (C=O) groups is 2. The maximum atomic E-state index is 12.3. The molecule has 0 spiro atoms. The van der Waals surface area contributed by atoms with Gasteiger partial charge in [-0.3, -0.25) is 9.59 Å². The van der Waals surface area contributed by atoms with Crippen LogP contribution in [0, 0.1) is 13.8 Å². The Bertz CT molecular complexity index is 1020. The number of hydrogen-bond donors (Lipinski definition) is 2. The largest absolute Gasteiger partial charge is 0.325 e. The zero-order chi connectivity index (χ0) is 21.0. The first-order valence-corrected chi connectivity index (χ1v) is 12.2. The summed E-state index contributed by atoms with van der Waals surface area (Å²) in [6, 6.07) is 8.96. The van der Waals surface area contributed by atoms with Crippen LogP contribution in [-0.4, -0.2) is 53.0 Å². The molecule has 1 fully saturated rings. The molecule has 3 rings (SSSR count). The molecule has 156 valence electrons. The molecule has 1 aromatic heterocycles. The summed E-state index contributed by atoms with van der Waals surface area (Å²) in [6.07, 6.45) is 0.486. The van der Waals surface area contributed by atoms with Gasteiger partial charge in [0.05, 0.1) is 34.7 Å². The second kappa shape index (κ2) is 9.00. The lowest BCUT2D eigenvalue weighted by Crippen LogP contribution is -2.22. The summed E-state index contributed by atoms with van der Waals surface area (Å²) in [6.45, 7) is 3.74. The Kier molecular flexibility index (Phi) is 6.63. The smallest absolute Gasteiger partial charge is 0.235 e. The van der Waals surface area contributed by atoms with Gasteiger partial charge in [0.2, 0.25) is 11.8 Å². The maximum Gasteiger partial charge on any atom is 0.235 e. The first-order valence-electron chi connectivity index (χ1n) is 9.22. The topological polar surface area (TPSA) is 110 Å². The third-order valence-electron chi connectivity index (χ3n) is 4.45. The molecule has 1 aliphatic rings. The molecule has 0 saturated carbocycles. The van der Waals surface area contributed by atoms with Gasteiger partial charge in [-0.2, -0.15) is 5.10 Å². The third kappa shape index (κ3) is 6.07. The van der Waals surface area contributed by atoms with Gasteiger partial charge in [0.25, 0.3) is 0 Å². The highest BCUT2D eigenvalue weighted by Gasteiger charge is 2.31. The Hall–Kier alpha value is -2.33. The number of benzene rings is 1. The third-order valence-corrected chi connectivity index (χ3v) is 7.13. The Labute approximate surface area is 174 Å². The Morgan fingerprint density at radius 3 is 2.55 bits per heavy atom. The van der Waals surface area contributed by atoms with Gasteiger partial charge in [-0.1, -0.05) is 12.1 Å². The number of hydrogen-bond acceptors (Lipinski definition) is 6. The normalized spacial score (nSPS) is 17.8. The minimum atomic E-state index is -3.05. The van der Waals surface area contributed by atoms with E-state index in [1.165, 1.54) is 11.8 Å². The second-order valence-corrected chi connectivity index (χ2v) is 10.3. The molecule has 10 heteroatoms. The van der Waals surface area contributed by atoms with Crippen LogP contribution in [0.4, 0.5) is 11.5 Å². The van der Waals surface area contributed by atoms with Crippen molar-refractivity contribution in [3.63, 3.8) is 0 Å². The molecular formula is C19H24N4O4S2. The number of thioether (sulfide) groups is 1. The summed E-state index contributed by atoms with van der Waals surface area (Å²) >= 11 is 1.21. The highest BCUT2D eigenvalue weighted by molar-refractivity contribution is 8.00. The number of sulfone groups is 1. The van der Waals surface area contributed by atoms with E-state index in [0.717, 1.165) is 11.3 Å². The van der Waals surface area contributed by atoms with Gasteiger partial charge in [-0.15, -0.1) is 11.8 Å². The maximum absolute atomic E-state index is 12.3. The highest BCUT2D eigenvalue weighted by atomic mass is 32.2. The van der Waals surface area contributed by atoms with Crippen LogP contribution in [0.2, 0.25) is 0 Å². The van der Waals surface area contributed by atoms with E-state index in [2.05, 4.69) is 15.7 Å². The lowest BCUT2D eigenvalue weighted by atomic mass is 10.2. The summed E-state index contributed by atoms with van der Waals surface area (Å²) in [5, 5.41) is 9.92. The van der Waals surface area contributed by atoms with Crippen molar-refractivity contribution in [1.82, 2.24) is 9.78 Å². The average molecular weight is 437 g/mol. The van der Waals surface area contributed by atoms with Crippen LogP contribution < -0.4 is 10.6 Å². The predicted molar refractivity (Wildman–Crippen MR) is 115 cm³/mol. The van der Waals surface area contributed by atoms with Crippen LogP contribution >= 0.6 is 11.8 Å². The molecule has 1 atom stereocenters. The van der Waals surface area contributed by atoms with Crippen LogP contribution in [0.5, 0.6) is 0 Å². The molecule has 2 amide bonds. The van der Waals surface area contributed by atoms with Crippen molar-refractivity contribution in [2.24, 2.45) is 0 Å². The van der Waals surface area contributed by atoms with Crippen molar-refractivity contribution in [2.75, 3.05) is 33.6 Å². The molecular weight excluding hydrogens is 412 g/mol. The quantitative estimate of drug-likeness (QED) is 0.688. The van der Waals surface area contributed by atoms with Crippen molar-refractivity contribution in [3.8, 4) is 0 Å². The van der Waals surface area contributed by atoms with Crippen LogP contribution in [-0.2, 0) is 19.4 Å². The Morgan fingerprint density at radius 2 is 1.90 bits per heavy atom. The number of aromatic nitrogens is 2. The number of nitrogens with zero attached hydrogens (tertiary/aromatic N) is 2. The fourth-order valence-corrected chi connectivity index (χ4v) is 5.50. The van der Waals surface area contributed by atoms with E-state index in [-0.39, 0.29) is 40.9 Å². The van der Waals surface area contributed by atoms with E-state index < -0.39 is 9.84 Å². The Balaban J connectivity index is 1.49. The van der Waals surface area contributed by atoms with Crippen molar-refractivity contribution >= 4 is 44.9 Å². The van der Waals surface area contributed by atoms with E-state index in [4.69, 9.17) is 0 Å². The number of aryl methyl sites for hydroxylation is 2. The van der Waals surface area contributed by atoms with Crippen molar-refractivity contribution in [2.45, 2.75) is 26.3 Å². The summed E-state index contributed by atoms with van der Waals surface area (Å²) in [5.74, 6) is 0.473. The SMILES string of the molecule is Cc1cccc(NC(=O)CSCC(=O)Nc2cc(C)nn2C2CCS(=O)(=O)C2)c1. The summed E-state index contributed by atoms with van der Waals surface area (Å²) in [7, 11) is -3.05. The van der Waals surface area contributed by atoms with Gasteiger partial charge in [-0.05, 0) is 38.0 Å². The molecule has 0 bridgehead atoms. The van der Waals surface area contributed by atoms with E-state index in [1.54, 1.807) is 17.7 Å². The van der Waals surface area contributed by atoms with Gasteiger partial charge in [0.1, 0.15) is 5.82 Å². The van der Waals surface area contributed by atoms with Gasteiger partial charge >= 0.3 is 0 Å². The van der Waals surface area contributed by atoms with Gasteiger partial charge < -0.3 is 10.6 Å². The van der Waals surface area contributed by atoms with E-state index in [0.29, 0.717) is 17.9 Å². The molecule has 1 aromatic carbocycles. The monoisotopic (exact) mass is 436 g/mol. The fraction of sp³-hybridized carbons (Fsp3) is 0.421. The standard InChI is InChI=1S/C19H24N4O4S2/c1-13-4-3-5-15(8-13)20-18(24)10-28-11-19(25)21-17-9-14(2)22-23(17)16-6-7-29(26,27)12-16/h3-5,8-9,16H,6-7,10-12H2,1-2H3,(H,20,24)(H,21,25). The number of nitrogens with one attached hydrogen (secondary N) is 2. The summed E-state index contributed by atoms with van der Waals surface area (Å²) in [4.78, 5) is 24.3. The molecule has 2 heterocycles. The summed E-state index contributed by atoms with van der Waals surface area (Å²) < 4.78 is 25.1. The van der Waals surface area contributed by atoms with Crippen molar-refractivity contribution < 1.29 is 18.0 Å². The zero-order valence-electron chi connectivity index (χ0n) is 16.3. The van der Waals surface area contributed by atoms with E-state index in [9.17, 15) is 18.0 Å². The van der Waals surface area contributed by atoms with Gasteiger partial charge in [-0.25, -0.2) is 13.1 Å². The second-order valence-electron chi connectivity index (χ2n) is 7.13. The first kappa shape index (κ1) is 21.4.